The Bertz CT molecular complexity index is 563. The number of anilines is 1. The van der Waals surface area contributed by atoms with Crippen molar-refractivity contribution in [2.24, 2.45) is 0 Å². The van der Waals surface area contributed by atoms with E-state index in [0.717, 1.165) is 0 Å². The quantitative estimate of drug-likeness (QED) is 0.895. The van der Waals surface area contributed by atoms with E-state index in [2.05, 4.69) is 5.32 Å². The Morgan fingerprint density at radius 1 is 1.33 bits per heavy atom. The summed E-state index contributed by atoms with van der Waals surface area (Å²) in [7, 11) is 0. The van der Waals surface area contributed by atoms with E-state index in [9.17, 15) is 9.90 Å². The minimum absolute atomic E-state index is 0.125. The number of amides is 1. The topological polar surface area (TPSA) is 62.5 Å². The number of aliphatic hydroxyl groups excluding tert-OH is 1. The Morgan fingerprint density at radius 2 is 2.06 bits per heavy atom. The van der Waals surface area contributed by atoms with Crippen LogP contribution in [0.4, 0.5) is 5.69 Å². The molecule has 2 aromatic rings. The fraction of sp³-hybridized carbons (Fsp3) is 0.154. The van der Waals surface area contributed by atoms with Crippen molar-refractivity contribution in [3.63, 3.8) is 0 Å². The van der Waals surface area contributed by atoms with Crippen molar-refractivity contribution in [1.29, 1.82) is 0 Å². The standard InChI is InChI=1S/C13H12ClNO3/c1-8(16)9-4-2-3-5-10(9)15-13(17)11-6-7-12(14)18-11/h2-8,16H,1H3,(H,15,17). The summed E-state index contributed by atoms with van der Waals surface area (Å²) in [6, 6.07) is 10.0. The zero-order chi connectivity index (χ0) is 13.1. The molecule has 0 saturated heterocycles. The van der Waals surface area contributed by atoms with Gasteiger partial charge in [-0.1, -0.05) is 18.2 Å². The molecule has 1 aromatic carbocycles. The number of benzene rings is 1. The van der Waals surface area contributed by atoms with Crippen LogP contribution in [-0.2, 0) is 0 Å². The van der Waals surface area contributed by atoms with E-state index in [0.29, 0.717) is 11.3 Å². The summed E-state index contributed by atoms with van der Waals surface area (Å²) >= 11 is 5.60. The number of nitrogens with one attached hydrogen (secondary N) is 1. The Labute approximate surface area is 109 Å². The monoisotopic (exact) mass is 265 g/mol. The van der Waals surface area contributed by atoms with Gasteiger partial charge in [0.1, 0.15) is 0 Å². The lowest BCUT2D eigenvalue weighted by Crippen LogP contribution is -2.13. The lowest BCUT2D eigenvalue weighted by Gasteiger charge is -2.11. The second kappa shape index (κ2) is 5.25. The third kappa shape index (κ3) is 2.72. The molecular formula is C13H12ClNO3. The predicted molar refractivity (Wildman–Crippen MR) is 68.7 cm³/mol. The van der Waals surface area contributed by atoms with E-state index in [1.807, 2.05) is 0 Å². The lowest BCUT2D eigenvalue weighted by molar-refractivity contribution is 0.0996. The zero-order valence-corrected chi connectivity index (χ0v) is 10.4. The van der Waals surface area contributed by atoms with Gasteiger partial charge >= 0.3 is 0 Å². The molecule has 0 bridgehead atoms. The summed E-state index contributed by atoms with van der Waals surface area (Å²) < 4.78 is 5.01. The van der Waals surface area contributed by atoms with Crippen LogP contribution < -0.4 is 5.32 Å². The number of hydrogen-bond donors (Lipinski definition) is 2. The Morgan fingerprint density at radius 3 is 2.67 bits per heavy atom. The minimum Gasteiger partial charge on any atom is -0.440 e. The van der Waals surface area contributed by atoms with Gasteiger partial charge in [0.25, 0.3) is 5.91 Å². The first-order valence-electron chi connectivity index (χ1n) is 5.41. The number of hydrogen-bond acceptors (Lipinski definition) is 3. The molecule has 0 spiro atoms. The first-order chi connectivity index (χ1) is 8.58. The summed E-state index contributed by atoms with van der Waals surface area (Å²) in [6.07, 6.45) is -0.665. The van der Waals surface area contributed by atoms with Crippen molar-refractivity contribution in [3.05, 3.63) is 52.9 Å². The molecule has 0 radical (unpaired) electrons. The smallest absolute Gasteiger partial charge is 0.291 e. The normalized spacial score (nSPS) is 12.2. The van der Waals surface area contributed by atoms with Crippen LogP contribution >= 0.6 is 11.6 Å². The second-order valence-corrected chi connectivity index (χ2v) is 4.19. The molecule has 0 fully saturated rings. The van der Waals surface area contributed by atoms with Crippen LogP contribution in [0, 0.1) is 0 Å². The molecule has 0 aliphatic heterocycles. The number of carbonyl (C=O) groups excluding carboxylic acids is 1. The van der Waals surface area contributed by atoms with Crippen LogP contribution in [-0.4, -0.2) is 11.0 Å². The molecule has 0 aliphatic rings. The van der Waals surface area contributed by atoms with Crippen molar-refractivity contribution in [3.8, 4) is 0 Å². The average molecular weight is 266 g/mol. The average Bonchev–Trinajstić information content (AvgIpc) is 2.76. The number of carbonyl (C=O) groups is 1. The van der Waals surface area contributed by atoms with Crippen LogP contribution in [0.5, 0.6) is 0 Å². The Balaban J connectivity index is 2.22. The van der Waals surface area contributed by atoms with E-state index in [1.54, 1.807) is 31.2 Å². The summed E-state index contributed by atoms with van der Waals surface area (Å²) in [6.45, 7) is 1.63. The number of furan rings is 1. The molecule has 0 saturated carbocycles. The molecule has 4 nitrogen and oxygen atoms in total. The van der Waals surface area contributed by atoms with Gasteiger partial charge in [0.15, 0.2) is 11.0 Å². The molecule has 5 heteroatoms. The summed E-state index contributed by atoms with van der Waals surface area (Å²) in [5.41, 5.74) is 1.19. The Kier molecular flexibility index (Phi) is 3.69. The summed E-state index contributed by atoms with van der Waals surface area (Å²) in [5, 5.41) is 12.4. The van der Waals surface area contributed by atoms with Gasteiger partial charge in [0, 0.05) is 11.3 Å². The van der Waals surface area contributed by atoms with E-state index in [-0.39, 0.29) is 11.0 Å². The molecular weight excluding hydrogens is 254 g/mol. The molecule has 1 amide bonds. The summed E-state index contributed by atoms with van der Waals surface area (Å²) in [4.78, 5) is 11.9. The molecule has 1 atom stereocenters. The fourth-order valence-electron chi connectivity index (χ4n) is 1.60. The van der Waals surface area contributed by atoms with Gasteiger partial charge < -0.3 is 14.8 Å². The SMILES string of the molecule is CC(O)c1ccccc1NC(=O)c1ccc(Cl)o1. The number of halogens is 1. The highest BCUT2D eigenvalue weighted by atomic mass is 35.5. The zero-order valence-electron chi connectivity index (χ0n) is 9.68. The number of aliphatic hydroxyl groups is 1. The highest BCUT2D eigenvalue weighted by molar-refractivity contribution is 6.29. The molecule has 2 N–H and O–H groups in total. The van der Waals surface area contributed by atoms with Crippen molar-refractivity contribution < 1.29 is 14.3 Å². The summed E-state index contributed by atoms with van der Waals surface area (Å²) in [5.74, 6) is -0.282. The van der Waals surface area contributed by atoms with Crippen LogP contribution in [0.25, 0.3) is 0 Å². The molecule has 1 heterocycles. The van der Waals surface area contributed by atoms with Crippen molar-refractivity contribution in [2.75, 3.05) is 5.32 Å². The van der Waals surface area contributed by atoms with E-state index >= 15 is 0 Å². The molecule has 1 unspecified atom stereocenters. The third-order valence-corrected chi connectivity index (χ3v) is 2.66. The van der Waals surface area contributed by atoms with Gasteiger partial charge in [0.05, 0.1) is 6.10 Å². The molecule has 1 aromatic heterocycles. The molecule has 94 valence electrons. The van der Waals surface area contributed by atoms with Gasteiger partial charge in [-0.05, 0) is 36.7 Å². The Hall–Kier alpha value is -1.78. The maximum Gasteiger partial charge on any atom is 0.291 e. The van der Waals surface area contributed by atoms with Crippen LogP contribution in [0.2, 0.25) is 5.22 Å². The van der Waals surface area contributed by atoms with Gasteiger partial charge in [0.2, 0.25) is 0 Å². The first-order valence-corrected chi connectivity index (χ1v) is 5.79. The van der Waals surface area contributed by atoms with Gasteiger partial charge in [-0.15, -0.1) is 0 Å². The van der Waals surface area contributed by atoms with Crippen LogP contribution in [0.15, 0.2) is 40.8 Å². The lowest BCUT2D eigenvalue weighted by atomic mass is 10.1. The third-order valence-electron chi connectivity index (χ3n) is 2.46. The molecule has 2 rings (SSSR count). The van der Waals surface area contributed by atoms with E-state index in [1.165, 1.54) is 12.1 Å². The second-order valence-electron chi connectivity index (χ2n) is 3.82. The highest BCUT2D eigenvalue weighted by Gasteiger charge is 2.14. The maximum absolute atomic E-state index is 11.9. The van der Waals surface area contributed by atoms with Crippen LogP contribution in [0.1, 0.15) is 29.1 Å². The number of para-hydroxylation sites is 1. The van der Waals surface area contributed by atoms with Crippen molar-refractivity contribution in [2.45, 2.75) is 13.0 Å². The predicted octanol–water partition coefficient (Wildman–Crippen LogP) is 3.24. The molecule has 18 heavy (non-hydrogen) atoms. The molecule has 0 aliphatic carbocycles. The largest absolute Gasteiger partial charge is 0.440 e. The van der Waals surface area contributed by atoms with E-state index in [4.69, 9.17) is 16.0 Å². The minimum atomic E-state index is -0.665. The van der Waals surface area contributed by atoms with Crippen molar-refractivity contribution in [1.82, 2.24) is 0 Å². The fourth-order valence-corrected chi connectivity index (χ4v) is 1.74. The maximum atomic E-state index is 11.9. The van der Waals surface area contributed by atoms with E-state index < -0.39 is 12.0 Å². The van der Waals surface area contributed by atoms with Crippen molar-refractivity contribution >= 4 is 23.2 Å². The highest BCUT2D eigenvalue weighted by Crippen LogP contribution is 2.23. The van der Waals surface area contributed by atoms with Gasteiger partial charge in [-0.2, -0.15) is 0 Å². The van der Waals surface area contributed by atoms with Crippen LogP contribution in [0.3, 0.4) is 0 Å². The van der Waals surface area contributed by atoms with Gasteiger partial charge in [-0.25, -0.2) is 0 Å². The van der Waals surface area contributed by atoms with Gasteiger partial charge in [-0.3, -0.25) is 4.79 Å². The number of rotatable bonds is 3. The first kappa shape index (κ1) is 12.7.